The van der Waals surface area contributed by atoms with Crippen molar-refractivity contribution in [3.8, 4) is 11.5 Å². The van der Waals surface area contributed by atoms with Gasteiger partial charge >= 0.3 is 6.36 Å². The molecule has 0 spiro atoms. The summed E-state index contributed by atoms with van der Waals surface area (Å²) in [6.07, 6.45) is -4.27. The highest BCUT2D eigenvalue weighted by Gasteiger charge is 2.34. The lowest BCUT2D eigenvalue weighted by molar-refractivity contribution is -0.274. The predicted octanol–water partition coefficient (Wildman–Crippen LogP) is 3.88. The van der Waals surface area contributed by atoms with Gasteiger partial charge in [0.15, 0.2) is 5.78 Å². The average Bonchev–Trinajstić information content (AvgIpc) is 2.72. The van der Waals surface area contributed by atoms with E-state index in [1.54, 1.807) is 24.3 Å². The molecule has 0 amide bonds. The molecule has 162 valence electrons. The van der Waals surface area contributed by atoms with Crippen molar-refractivity contribution in [3.63, 3.8) is 0 Å². The number of Topliss-reactive ketones (excluding diaryl/α,β-unsaturated/α-hetero) is 1. The second-order valence-corrected chi connectivity index (χ2v) is 8.73. The molecule has 2 aromatic carbocycles. The molecule has 1 aliphatic rings. The van der Waals surface area contributed by atoms with E-state index in [4.69, 9.17) is 4.74 Å². The fourth-order valence-electron chi connectivity index (χ4n) is 3.33. The van der Waals surface area contributed by atoms with Crippen LogP contribution in [0.2, 0.25) is 0 Å². The zero-order chi connectivity index (χ0) is 21.9. The van der Waals surface area contributed by atoms with Gasteiger partial charge in [0.25, 0.3) is 0 Å². The first-order valence-corrected chi connectivity index (χ1v) is 10.6. The smallest absolute Gasteiger partial charge is 0.497 e. The number of piperidine rings is 1. The quantitative estimate of drug-likeness (QED) is 0.634. The van der Waals surface area contributed by atoms with Crippen molar-refractivity contribution < 1.29 is 35.9 Å². The molecule has 3 rings (SSSR count). The Hall–Kier alpha value is -2.59. The van der Waals surface area contributed by atoms with Crippen molar-refractivity contribution >= 4 is 15.8 Å². The van der Waals surface area contributed by atoms with E-state index in [1.807, 2.05) is 0 Å². The molecule has 0 unspecified atom stereocenters. The standard InChI is InChI=1S/C20H20F3NO5S/c1-28-16-7-5-14(6-8-16)19(25)15-9-11-24(12-10-15)30(26,27)18-4-2-3-17(13-18)29-20(21,22)23/h2-8,13,15H,9-12H2,1H3. The molecule has 2 aromatic rings. The maximum absolute atomic E-state index is 12.8. The molecule has 10 heteroatoms. The second kappa shape index (κ2) is 8.65. The zero-order valence-electron chi connectivity index (χ0n) is 16.1. The van der Waals surface area contributed by atoms with Gasteiger partial charge < -0.3 is 9.47 Å². The number of alkyl halides is 3. The lowest BCUT2D eigenvalue weighted by Crippen LogP contribution is -2.40. The van der Waals surface area contributed by atoms with Gasteiger partial charge in [-0.1, -0.05) is 6.07 Å². The fourth-order valence-corrected chi connectivity index (χ4v) is 4.84. The first-order chi connectivity index (χ1) is 14.1. The lowest BCUT2D eigenvalue weighted by atomic mass is 9.89. The van der Waals surface area contributed by atoms with Gasteiger partial charge in [0.05, 0.1) is 12.0 Å². The van der Waals surface area contributed by atoms with E-state index in [0.29, 0.717) is 24.2 Å². The molecule has 30 heavy (non-hydrogen) atoms. The average molecular weight is 443 g/mol. The van der Waals surface area contributed by atoms with Crippen LogP contribution in [0.15, 0.2) is 53.4 Å². The first kappa shape index (κ1) is 22.1. The van der Waals surface area contributed by atoms with Crippen molar-refractivity contribution in [3.05, 3.63) is 54.1 Å². The van der Waals surface area contributed by atoms with E-state index < -0.39 is 22.1 Å². The summed E-state index contributed by atoms with van der Waals surface area (Å²) >= 11 is 0. The minimum atomic E-state index is -4.91. The van der Waals surface area contributed by atoms with Gasteiger partial charge in [-0.15, -0.1) is 13.2 Å². The lowest BCUT2D eigenvalue weighted by Gasteiger charge is -2.30. The molecular weight excluding hydrogens is 423 g/mol. The summed E-state index contributed by atoms with van der Waals surface area (Å²) in [5, 5.41) is 0. The van der Waals surface area contributed by atoms with Crippen LogP contribution in [0.3, 0.4) is 0 Å². The van der Waals surface area contributed by atoms with Crippen LogP contribution in [-0.4, -0.2) is 45.1 Å². The van der Waals surface area contributed by atoms with E-state index in [0.717, 1.165) is 12.1 Å². The first-order valence-electron chi connectivity index (χ1n) is 9.14. The van der Waals surface area contributed by atoms with Crippen molar-refractivity contribution in [1.29, 1.82) is 0 Å². The number of carbonyl (C=O) groups is 1. The molecule has 0 bridgehead atoms. The minimum Gasteiger partial charge on any atom is -0.497 e. The molecule has 0 aromatic heterocycles. The third kappa shape index (κ3) is 5.11. The van der Waals surface area contributed by atoms with Gasteiger partial charge in [0, 0.05) is 30.6 Å². The third-order valence-electron chi connectivity index (χ3n) is 4.88. The van der Waals surface area contributed by atoms with Crippen LogP contribution < -0.4 is 9.47 Å². The van der Waals surface area contributed by atoms with Gasteiger partial charge in [-0.3, -0.25) is 4.79 Å². The predicted molar refractivity (Wildman–Crippen MR) is 102 cm³/mol. The number of hydrogen-bond acceptors (Lipinski definition) is 5. The van der Waals surface area contributed by atoms with Crippen LogP contribution in [0.1, 0.15) is 23.2 Å². The normalized spacial score (nSPS) is 16.3. The Balaban J connectivity index is 1.67. The Labute approximate surface area is 172 Å². The Morgan fingerprint density at radius 2 is 1.67 bits per heavy atom. The molecule has 1 saturated heterocycles. The van der Waals surface area contributed by atoms with Crippen molar-refractivity contribution in [2.75, 3.05) is 20.2 Å². The number of benzene rings is 2. The monoisotopic (exact) mass is 443 g/mol. The van der Waals surface area contributed by atoms with Crippen LogP contribution in [0.25, 0.3) is 0 Å². The van der Waals surface area contributed by atoms with Crippen LogP contribution in [0.5, 0.6) is 11.5 Å². The van der Waals surface area contributed by atoms with E-state index in [9.17, 15) is 26.4 Å². The summed E-state index contributed by atoms with van der Waals surface area (Å²) in [5.74, 6) is -0.377. The maximum Gasteiger partial charge on any atom is 0.573 e. The van der Waals surface area contributed by atoms with Crippen LogP contribution in [-0.2, 0) is 10.0 Å². The summed E-state index contributed by atoms with van der Waals surface area (Å²) in [6, 6.07) is 11.0. The highest BCUT2D eigenvalue weighted by Crippen LogP contribution is 2.29. The molecule has 0 radical (unpaired) electrons. The van der Waals surface area contributed by atoms with Gasteiger partial charge in [0.2, 0.25) is 10.0 Å². The highest BCUT2D eigenvalue weighted by molar-refractivity contribution is 7.89. The van der Waals surface area contributed by atoms with E-state index >= 15 is 0 Å². The number of sulfonamides is 1. The minimum absolute atomic E-state index is 0.0738. The number of nitrogens with zero attached hydrogens (tertiary/aromatic N) is 1. The van der Waals surface area contributed by atoms with E-state index in [-0.39, 0.29) is 29.7 Å². The number of carbonyl (C=O) groups excluding carboxylic acids is 1. The molecule has 0 saturated carbocycles. The summed E-state index contributed by atoms with van der Waals surface area (Å²) < 4.78 is 72.9. The summed E-state index contributed by atoms with van der Waals surface area (Å²) in [7, 11) is -2.48. The summed E-state index contributed by atoms with van der Waals surface area (Å²) in [6.45, 7) is 0.193. The number of hydrogen-bond donors (Lipinski definition) is 0. The molecular formula is C20H20F3NO5S. The number of ether oxygens (including phenoxy) is 2. The largest absolute Gasteiger partial charge is 0.573 e. The maximum atomic E-state index is 12.8. The zero-order valence-corrected chi connectivity index (χ0v) is 16.9. The Morgan fingerprint density at radius 1 is 1.03 bits per heavy atom. The van der Waals surface area contributed by atoms with Crippen molar-refractivity contribution in [2.24, 2.45) is 5.92 Å². The topological polar surface area (TPSA) is 72.9 Å². The number of rotatable bonds is 6. The number of methoxy groups -OCH3 is 1. The van der Waals surface area contributed by atoms with Gasteiger partial charge in [0.1, 0.15) is 11.5 Å². The van der Waals surface area contributed by atoms with E-state index in [1.165, 1.54) is 23.5 Å². The SMILES string of the molecule is COc1ccc(C(=O)C2CCN(S(=O)(=O)c3cccc(OC(F)(F)F)c3)CC2)cc1. The number of halogens is 3. The molecule has 6 nitrogen and oxygen atoms in total. The Kier molecular flexibility index (Phi) is 6.37. The highest BCUT2D eigenvalue weighted by atomic mass is 32.2. The second-order valence-electron chi connectivity index (χ2n) is 6.79. The van der Waals surface area contributed by atoms with Crippen LogP contribution in [0.4, 0.5) is 13.2 Å². The van der Waals surface area contributed by atoms with E-state index in [2.05, 4.69) is 4.74 Å². The molecule has 1 heterocycles. The van der Waals surface area contributed by atoms with Crippen LogP contribution in [0, 0.1) is 5.92 Å². The molecule has 0 N–H and O–H groups in total. The number of ketones is 1. The summed E-state index contributed by atoms with van der Waals surface area (Å²) in [5.41, 5.74) is 0.522. The Bertz CT molecular complexity index is 998. The van der Waals surface area contributed by atoms with Crippen molar-refractivity contribution in [2.45, 2.75) is 24.1 Å². The molecule has 0 aliphatic carbocycles. The fraction of sp³-hybridized carbons (Fsp3) is 0.350. The molecule has 1 aliphatic heterocycles. The Morgan fingerprint density at radius 3 is 2.23 bits per heavy atom. The van der Waals surface area contributed by atoms with Gasteiger partial charge in [-0.05, 0) is 49.2 Å². The van der Waals surface area contributed by atoms with Crippen molar-refractivity contribution in [1.82, 2.24) is 4.31 Å². The van der Waals surface area contributed by atoms with Gasteiger partial charge in [-0.2, -0.15) is 4.31 Å². The van der Waals surface area contributed by atoms with Crippen LogP contribution >= 0.6 is 0 Å². The molecule has 1 fully saturated rings. The molecule has 0 atom stereocenters. The van der Waals surface area contributed by atoms with Gasteiger partial charge in [-0.25, -0.2) is 8.42 Å². The summed E-state index contributed by atoms with van der Waals surface area (Å²) in [4.78, 5) is 12.4. The third-order valence-corrected chi connectivity index (χ3v) is 6.77.